The van der Waals surface area contributed by atoms with E-state index in [1.165, 1.54) is 0 Å². The molecule has 0 radical (unpaired) electrons. The van der Waals surface area contributed by atoms with Gasteiger partial charge in [0.15, 0.2) is 5.69 Å². The summed E-state index contributed by atoms with van der Waals surface area (Å²) in [5, 5.41) is 25.9. The molecular weight excluding hydrogens is 445 g/mol. The minimum absolute atomic E-state index is 0.0454. The number of amides is 1. The third-order valence-electron chi connectivity index (χ3n) is 4.91. The second-order valence-electron chi connectivity index (χ2n) is 8.11. The van der Waals surface area contributed by atoms with Crippen LogP contribution in [0.2, 0.25) is 0 Å². The normalized spacial score (nSPS) is 23.4. The van der Waals surface area contributed by atoms with Crippen LogP contribution in [0.4, 0.5) is 19.0 Å². The minimum Gasteiger partial charge on any atom is -0.388 e. The molecule has 3 rings (SSSR count). The highest BCUT2D eigenvalue weighted by Crippen LogP contribution is 2.28. The number of alkyl halides is 3. The van der Waals surface area contributed by atoms with Crippen molar-refractivity contribution < 1.29 is 32.9 Å². The second kappa shape index (κ2) is 10.4. The zero-order chi connectivity index (χ0) is 24.2. The monoisotopic (exact) mass is 470 g/mol. The number of nitrogens with one attached hydrogen (secondary N) is 2. The van der Waals surface area contributed by atoms with Crippen LogP contribution >= 0.6 is 0 Å². The van der Waals surface area contributed by atoms with Crippen molar-refractivity contribution in [3.05, 3.63) is 41.9 Å². The number of hydrogen-bond acceptors (Lipinski definition) is 9. The number of carbonyl (C=O) groups excluding carboxylic acids is 1. The van der Waals surface area contributed by atoms with Crippen molar-refractivity contribution in [3.63, 3.8) is 0 Å². The first kappa shape index (κ1) is 24.7. The number of halogens is 3. The highest BCUT2D eigenvalue weighted by atomic mass is 19.4. The lowest BCUT2D eigenvalue weighted by Crippen LogP contribution is -2.58. The first-order chi connectivity index (χ1) is 15.5. The smallest absolute Gasteiger partial charge is 0.388 e. The lowest BCUT2D eigenvalue weighted by molar-refractivity contribution is -0.141. The molecule has 1 aliphatic rings. The van der Waals surface area contributed by atoms with Crippen LogP contribution in [0.5, 0.6) is 0 Å². The van der Waals surface area contributed by atoms with Gasteiger partial charge in [0.05, 0.1) is 25.0 Å². The van der Waals surface area contributed by atoms with E-state index >= 15 is 0 Å². The van der Waals surface area contributed by atoms with Crippen molar-refractivity contribution in [1.29, 1.82) is 0 Å². The van der Waals surface area contributed by atoms with E-state index in [1.54, 1.807) is 12.4 Å². The quantitative estimate of drug-likeness (QED) is 0.462. The van der Waals surface area contributed by atoms with Gasteiger partial charge in [-0.25, -0.2) is 15.0 Å². The Labute approximate surface area is 187 Å². The second-order valence-corrected chi connectivity index (χ2v) is 8.11. The zero-order valence-corrected chi connectivity index (χ0v) is 18.0. The molecular formula is C20H25F3N6O4. The van der Waals surface area contributed by atoms with Crippen LogP contribution in [-0.4, -0.2) is 73.6 Å². The fourth-order valence-corrected chi connectivity index (χ4v) is 3.27. The first-order valence-corrected chi connectivity index (χ1v) is 10.3. The molecule has 0 bridgehead atoms. The Morgan fingerprint density at radius 1 is 1.18 bits per heavy atom. The molecule has 2 aromatic rings. The summed E-state index contributed by atoms with van der Waals surface area (Å²) in [5.74, 6) is -0.426. The molecule has 0 aliphatic carbocycles. The van der Waals surface area contributed by atoms with Crippen LogP contribution in [0.3, 0.4) is 0 Å². The summed E-state index contributed by atoms with van der Waals surface area (Å²) in [4.78, 5) is 27.2. The number of ether oxygens (including phenoxy) is 1. The van der Waals surface area contributed by atoms with Gasteiger partial charge in [-0.05, 0) is 17.9 Å². The third-order valence-corrected chi connectivity index (χ3v) is 4.91. The van der Waals surface area contributed by atoms with E-state index < -0.39 is 42.1 Å². The average Bonchev–Trinajstić information content (AvgIpc) is 2.76. The van der Waals surface area contributed by atoms with E-state index in [2.05, 4.69) is 44.4 Å². The maximum absolute atomic E-state index is 12.8. The highest BCUT2D eigenvalue weighted by molar-refractivity contribution is 5.90. The Morgan fingerprint density at radius 2 is 1.88 bits per heavy atom. The fourth-order valence-electron chi connectivity index (χ4n) is 3.27. The fraction of sp³-hybridized carbons (Fsp3) is 0.550. The van der Waals surface area contributed by atoms with Crippen molar-refractivity contribution >= 4 is 11.7 Å². The molecule has 0 aromatic carbocycles. The molecule has 180 valence electrons. The Bertz CT molecular complexity index is 944. The number of hydrogen-bond donors (Lipinski definition) is 4. The number of rotatable bonds is 7. The Hall–Kier alpha value is -2.90. The van der Waals surface area contributed by atoms with Gasteiger partial charge in [0.25, 0.3) is 5.91 Å². The van der Waals surface area contributed by atoms with E-state index in [0.29, 0.717) is 12.1 Å². The maximum atomic E-state index is 12.8. The molecule has 1 aliphatic heterocycles. The van der Waals surface area contributed by atoms with E-state index in [9.17, 15) is 28.2 Å². The molecule has 10 nitrogen and oxygen atoms in total. The molecule has 0 saturated carbocycles. The number of aliphatic hydroxyl groups is 2. The van der Waals surface area contributed by atoms with Gasteiger partial charge in [-0.3, -0.25) is 9.78 Å². The van der Waals surface area contributed by atoms with Crippen LogP contribution in [-0.2, 0) is 17.3 Å². The van der Waals surface area contributed by atoms with Crippen LogP contribution < -0.4 is 10.6 Å². The van der Waals surface area contributed by atoms with Gasteiger partial charge in [-0.1, -0.05) is 13.8 Å². The highest BCUT2D eigenvalue weighted by Gasteiger charge is 2.39. The zero-order valence-electron chi connectivity index (χ0n) is 18.0. The van der Waals surface area contributed by atoms with E-state index in [4.69, 9.17) is 4.74 Å². The van der Waals surface area contributed by atoms with E-state index in [1.807, 2.05) is 0 Å². The number of aliphatic hydroxyl groups excluding tert-OH is 2. The molecule has 13 heteroatoms. The summed E-state index contributed by atoms with van der Waals surface area (Å²) in [6, 6.07) is -0.943. The molecule has 0 unspecified atom stereocenters. The van der Waals surface area contributed by atoms with Crippen molar-refractivity contribution in [2.75, 3.05) is 18.5 Å². The number of anilines is 1. The lowest BCUT2D eigenvalue weighted by atomic mass is 9.98. The predicted octanol–water partition coefficient (Wildman–Crippen LogP) is 0.815. The van der Waals surface area contributed by atoms with Crippen molar-refractivity contribution in [2.24, 2.45) is 5.92 Å². The summed E-state index contributed by atoms with van der Waals surface area (Å²) in [7, 11) is 0. The molecule has 3 heterocycles. The van der Waals surface area contributed by atoms with Gasteiger partial charge >= 0.3 is 6.18 Å². The molecule has 1 fully saturated rings. The van der Waals surface area contributed by atoms with Gasteiger partial charge in [-0.2, -0.15) is 13.2 Å². The molecule has 4 N–H and O–H groups in total. The molecule has 1 amide bonds. The van der Waals surface area contributed by atoms with E-state index in [-0.39, 0.29) is 24.8 Å². The Kier molecular flexibility index (Phi) is 7.76. The molecule has 4 atom stereocenters. The van der Waals surface area contributed by atoms with Crippen LogP contribution in [0.1, 0.15) is 35.7 Å². The topological polar surface area (TPSA) is 142 Å². The van der Waals surface area contributed by atoms with Crippen LogP contribution in [0.25, 0.3) is 0 Å². The molecule has 33 heavy (non-hydrogen) atoms. The minimum atomic E-state index is -4.67. The molecule has 2 aromatic heterocycles. The number of aromatic nitrogens is 4. The van der Waals surface area contributed by atoms with Crippen molar-refractivity contribution in [1.82, 2.24) is 25.3 Å². The number of nitrogens with zero attached hydrogens (tertiary/aromatic N) is 4. The summed E-state index contributed by atoms with van der Waals surface area (Å²) in [6.45, 7) is 3.82. The van der Waals surface area contributed by atoms with Gasteiger partial charge < -0.3 is 25.6 Å². The van der Waals surface area contributed by atoms with E-state index in [0.717, 1.165) is 18.2 Å². The summed E-state index contributed by atoms with van der Waals surface area (Å²) in [6.07, 6.45) is -2.88. The average molecular weight is 470 g/mol. The first-order valence-electron chi connectivity index (χ1n) is 10.3. The van der Waals surface area contributed by atoms with Gasteiger partial charge in [0.2, 0.25) is 5.82 Å². The summed E-state index contributed by atoms with van der Waals surface area (Å²) >= 11 is 0. The lowest BCUT2D eigenvalue weighted by Gasteiger charge is -2.38. The van der Waals surface area contributed by atoms with Gasteiger partial charge in [0.1, 0.15) is 24.1 Å². The standard InChI is InChI=1S/C20H25F3N6O4/c1-10(2)3-11-4-25-18(26-5-11)19(32)27-6-13-17(31)16(30)12(9-33-13)28-15-8-24-7-14(29-15)20(21,22)23/h4-5,7-8,10,12-13,16-17,30-31H,3,6,9H2,1-2H3,(H,27,32)(H,28,29)/t12-,13+,16+,17-/m0/s1. The van der Waals surface area contributed by atoms with Gasteiger partial charge in [-0.15, -0.1) is 0 Å². The molecule has 0 spiro atoms. The number of carbonyl (C=O) groups is 1. The largest absolute Gasteiger partial charge is 0.434 e. The Morgan fingerprint density at radius 3 is 2.52 bits per heavy atom. The van der Waals surface area contributed by atoms with Crippen molar-refractivity contribution in [3.8, 4) is 0 Å². The van der Waals surface area contributed by atoms with Crippen molar-refractivity contribution in [2.45, 2.75) is 50.8 Å². The summed E-state index contributed by atoms with van der Waals surface area (Å²) in [5.41, 5.74) is -0.293. The predicted molar refractivity (Wildman–Crippen MR) is 109 cm³/mol. The molecule has 1 saturated heterocycles. The van der Waals surface area contributed by atoms with Gasteiger partial charge in [0, 0.05) is 18.9 Å². The SMILES string of the molecule is CC(C)Cc1cnc(C(=O)NC[C@H]2OC[C@H](Nc3cncc(C(F)(F)F)n3)[C@@H](O)[C@H]2O)nc1. The third kappa shape index (κ3) is 6.55. The maximum Gasteiger partial charge on any atom is 0.434 e. The summed E-state index contributed by atoms with van der Waals surface area (Å²) < 4.78 is 43.9. The van der Waals surface area contributed by atoms with Crippen LogP contribution in [0, 0.1) is 5.92 Å². The Balaban J connectivity index is 1.53. The van der Waals surface area contributed by atoms with Crippen LogP contribution in [0.15, 0.2) is 24.8 Å².